The molecule has 3 aromatic rings. The SMILES string of the molecule is CCN1CC[C@H](c2cn(S(=O)(=O)c3ccccc3Br)c3ccc(OC)cc23)C1. The highest BCUT2D eigenvalue weighted by Crippen LogP contribution is 2.37. The summed E-state index contributed by atoms with van der Waals surface area (Å²) in [6.45, 7) is 5.15. The molecule has 1 saturated heterocycles. The van der Waals surface area contributed by atoms with Gasteiger partial charge in [0.1, 0.15) is 10.6 Å². The van der Waals surface area contributed by atoms with Crippen LogP contribution in [-0.2, 0) is 10.0 Å². The summed E-state index contributed by atoms with van der Waals surface area (Å²) in [5.74, 6) is 1.04. The minimum Gasteiger partial charge on any atom is -0.497 e. The zero-order valence-electron chi connectivity index (χ0n) is 15.9. The van der Waals surface area contributed by atoms with Crippen LogP contribution in [0.4, 0.5) is 0 Å². The maximum atomic E-state index is 13.5. The lowest BCUT2D eigenvalue weighted by molar-refractivity contribution is 0.354. The van der Waals surface area contributed by atoms with Gasteiger partial charge in [0.15, 0.2) is 0 Å². The fourth-order valence-corrected chi connectivity index (χ4v) is 6.33. The largest absolute Gasteiger partial charge is 0.497 e. The van der Waals surface area contributed by atoms with Crippen molar-refractivity contribution in [1.29, 1.82) is 0 Å². The van der Waals surface area contributed by atoms with E-state index < -0.39 is 10.0 Å². The Labute approximate surface area is 174 Å². The molecular formula is C21H23BrN2O3S. The van der Waals surface area contributed by atoms with Gasteiger partial charge < -0.3 is 9.64 Å². The van der Waals surface area contributed by atoms with Crippen molar-refractivity contribution in [3.8, 4) is 5.75 Å². The number of halogens is 1. The molecule has 2 aromatic carbocycles. The summed E-state index contributed by atoms with van der Waals surface area (Å²) in [6.07, 6.45) is 2.84. The average Bonchev–Trinajstić information content (AvgIpc) is 3.32. The maximum absolute atomic E-state index is 13.5. The first kappa shape index (κ1) is 19.5. The number of hydrogen-bond donors (Lipinski definition) is 0. The minimum absolute atomic E-state index is 0.260. The summed E-state index contributed by atoms with van der Waals surface area (Å²) < 4.78 is 34.3. The average molecular weight is 463 g/mol. The first-order valence-corrected chi connectivity index (χ1v) is 11.6. The molecule has 0 unspecified atom stereocenters. The lowest BCUT2D eigenvalue weighted by Gasteiger charge is -2.12. The number of likely N-dealkylation sites (N-methyl/N-ethyl adjacent to an activating group) is 1. The standard InChI is InChI=1S/C21H23BrN2O3S/c1-3-23-11-10-15(13-23)18-14-24(20-9-8-16(27-2)12-17(18)20)28(25,26)21-7-5-4-6-19(21)22/h4-9,12,14-15H,3,10-11,13H2,1-2H3/t15-/m0/s1. The van der Waals surface area contributed by atoms with E-state index >= 15 is 0 Å². The molecule has 2 heterocycles. The smallest absolute Gasteiger partial charge is 0.269 e. The second kappa shape index (κ2) is 7.54. The Bertz CT molecular complexity index is 1120. The van der Waals surface area contributed by atoms with Crippen molar-refractivity contribution in [3.63, 3.8) is 0 Å². The lowest BCUT2D eigenvalue weighted by Crippen LogP contribution is -2.19. The van der Waals surface area contributed by atoms with E-state index in [1.807, 2.05) is 30.5 Å². The van der Waals surface area contributed by atoms with Crippen LogP contribution in [0.15, 0.2) is 58.0 Å². The Hall–Kier alpha value is -1.83. The number of benzene rings is 2. The molecule has 1 fully saturated rings. The van der Waals surface area contributed by atoms with Crippen LogP contribution in [0.25, 0.3) is 10.9 Å². The zero-order chi connectivity index (χ0) is 19.9. The molecular weight excluding hydrogens is 440 g/mol. The molecule has 0 aliphatic carbocycles. The van der Waals surface area contributed by atoms with Crippen LogP contribution in [0.2, 0.25) is 0 Å². The van der Waals surface area contributed by atoms with E-state index in [2.05, 4.69) is 27.8 Å². The predicted molar refractivity (Wildman–Crippen MR) is 115 cm³/mol. The highest BCUT2D eigenvalue weighted by atomic mass is 79.9. The zero-order valence-corrected chi connectivity index (χ0v) is 18.3. The summed E-state index contributed by atoms with van der Waals surface area (Å²) in [6, 6.07) is 12.5. The van der Waals surface area contributed by atoms with Gasteiger partial charge in [-0.3, -0.25) is 0 Å². The summed E-state index contributed by atoms with van der Waals surface area (Å²) in [5, 5.41) is 0.943. The molecule has 7 heteroatoms. The number of nitrogens with zero attached hydrogens (tertiary/aromatic N) is 2. The number of ether oxygens (including phenoxy) is 1. The molecule has 0 N–H and O–H groups in total. The Kier molecular flexibility index (Phi) is 5.24. The van der Waals surface area contributed by atoms with Gasteiger partial charge in [-0.2, -0.15) is 0 Å². The van der Waals surface area contributed by atoms with Gasteiger partial charge in [0.05, 0.1) is 12.6 Å². The van der Waals surface area contributed by atoms with Gasteiger partial charge in [-0.1, -0.05) is 19.1 Å². The number of aromatic nitrogens is 1. The molecule has 1 atom stereocenters. The van der Waals surface area contributed by atoms with E-state index in [9.17, 15) is 8.42 Å². The fourth-order valence-electron chi connectivity index (χ4n) is 3.99. The first-order valence-electron chi connectivity index (χ1n) is 9.37. The minimum atomic E-state index is -3.73. The number of fused-ring (bicyclic) bond motifs is 1. The first-order chi connectivity index (χ1) is 13.5. The molecule has 148 valence electrons. The van der Waals surface area contributed by atoms with Crippen molar-refractivity contribution < 1.29 is 13.2 Å². The van der Waals surface area contributed by atoms with Crippen molar-refractivity contribution in [2.75, 3.05) is 26.7 Å². The van der Waals surface area contributed by atoms with Crippen LogP contribution in [0, 0.1) is 0 Å². The van der Waals surface area contributed by atoms with Gasteiger partial charge >= 0.3 is 0 Å². The number of hydrogen-bond acceptors (Lipinski definition) is 4. The molecule has 1 aromatic heterocycles. The molecule has 5 nitrogen and oxygen atoms in total. The molecule has 28 heavy (non-hydrogen) atoms. The number of methoxy groups -OCH3 is 1. The molecule has 4 rings (SSSR count). The summed E-state index contributed by atoms with van der Waals surface area (Å²) >= 11 is 3.39. The van der Waals surface area contributed by atoms with Gasteiger partial charge in [0.2, 0.25) is 0 Å². The Morgan fingerprint density at radius 2 is 2.00 bits per heavy atom. The molecule has 0 bridgehead atoms. The third-order valence-corrected chi connectivity index (χ3v) is 8.23. The number of rotatable bonds is 5. The van der Waals surface area contributed by atoms with Crippen LogP contribution in [-0.4, -0.2) is 44.0 Å². The molecule has 0 radical (unpaired) electrons. The van der Waals surface area contributed by atoms with Gasteiger partial charge in [-0.25, -0.2) is 12.4 Å². The van der Waals surface area contributed by atoms with Crippen LogP contribution in [0.3, 0.4) is 0 Å². The van der Waals surface area contributed by atoms with E-state index in [-0.39, 0.29) is 4.90 Å². The second-order valence-electron chi connectivity index (χ2n) is 7.08. The van der Waals surface area contributed by atoms with Gasteiger partial charge in [-0.05, 0) is 77.3 Å². The third kappa shape index (κ3) is 3.25. The monoisotopic (exact) mass is 462 g/mol. The lowest BCUT2D eigenvalue weighted by atomic mass is 9.98. The van der Waals surface area contributed by atoms with E-state index in [1.165, 1.54) is 3.97 Å². The van der Waals surface area contributed by atoms with Crippen molar-refractivity contribution in [1.82, 2.24) is 8.87 Å². The Morgan fingerprint density at radius 1 is 1.21 bits per heavy atom. The van der Waals surface area contributed by atoms with E-state index in [1.54, 1.807) is 25.3 Å². The maximum Gasteiger partial charge on any atom is 0.269 e. The van der Waals surface area contributed by atoms with Crippen LogP contribution < -0.4 is 4.74 Å². The topological polar surface area (TPSA) is 51.5 Å². The van der Waals surface area contributed by atoms with Gasteiger partial charge in [-0.15, -0.1) is 0 Å². The molecule has 1 aliphatic heterocycles. The van der Waals surface area contributed by atoms with Crippen LogP contribution in [0.1, 0.15) is 24.8 Å². The summed E-state index contributed by atoms with van der Waals surface area (Å²) in [4.78, 5) is 2.66. The fraction of sp³-hybridized carbons (Fsp3) is 0.333. The molecule has 0 spiro atoms. The highest BCUT2D eigenvalue weighted by Gasteiger charge is 2.29. The van der Waals surface area contributed by atoms with E-state index in [0.29, 0.717) is 15.9 Å². The quantitative estimate of drug-likeness (QED) is 0.561. The number of likely N-dealkylation sites (tertiary alicyclic amines) is 1. The molecule has 0 saturated carbocycles. The van der Waals surface area contributed by atoms with Crippen LogP contribution >= 0.6 is 15.9 Å². The third-order valence-electron chi connectivity index (χ3n) is 5.54. The summed E-state index contributed by atoms with van der Waals surface area (Å²) in [5.41, 5.74) is 1.75. The van der Waals surface area contributed by atoms with Crippen molar-refractivity contribution >= 4 is 36.9 Å². The predicted octanol–water partition coefficient (Wildman–Crippen LogP) is 4.46. The van der Waals surface area contributed by atoms with Crippen molar-refractivity contribution in [2.45, 2.75) is 24.2 Å². The van der Waals surface area contributed by atoms with Crippen molar-refractivity contribution in [3.05, 3.63) is 58.7 Å². The Morgan fingerprint density at radius 3 is 2.68 bits per heavy atom. The van der Waals surface area contributed by atoms with Gasteiger partial charge in [0.25, 0.3) is 10.0 Å². The Balaban J connectivity index is 1.91. The molecule has 1 aliphatic rings. The highest BCUT2D eigenvalue weighted by molar-refractivity contribution is 9.10. The molecule has 0 amide bonds. The van der Waals surface area contributed by atoms with Crippen LogP contribution in [0.5, 0.6) is 5.75 Å². The van der Waals surface area contributed by atoms with E-state index in [0.717, 1.165) is 42.8 Å². The second-order valence-corrected chi connectivity index (χ2v) is 9.72. The normalized spacial score (nSPS) is 18.0. The van der Waals surface area contributed by atoms with Crippen molar-refractivity contribution in [2.24, 2.45) is 0 Å². The summed E-state index contributed by atoms with van der Waals surface area (Å²) in [7, 11) is -2.10. The van der Waals surface area contributed by atoms with Gasteiger partial charge in [0, 0.05) is 22.6 Å². The van der Waals surface area contributed by atoms with E-state index in [4.69, 9.17) is 4.74 Å².